The molecule has 0 fully saturated rings. The van der Waals surface area contributed by atoms with Gasteiger partial charge in [-0.15, -0.1) is 11.3 Å². The number of para-hydroxylation sites is 2. The Kier molecular flexibility index (Phi) is 7.90. The summed E-state index contributed by atoms with van der Waals surface area (Å²) in [5.74, 6) is 0. The molecule has 3 heteroatoms. The zero-order valence-corrected chi connectivity index (χ0v) is 37.7. The largest absolute Gasteiger partial charge is 0.309 e. The maximum absolute atomic E-state index is 2.57. The predicted molar refractivity (Wildman–Crippen MR) is 288 cm³/mol. The lowest BCUT2D eigenvalue weighted by Crippen LogP contribution is -2.26. The third-order valence-electron chi connectivity index (χ3n) is 15.0. The molecule has 0 saturated heterocycles. The van der Waals surface area contributed by atoms with Crippen molar-refractivity contribution in [2.45, 2.75) is 5.41 Å². The Morgan fingerprint density at radius 3 is 1.76 bits per heavy atom. The molecule has 2 aromatic heterocycles. The Morgan fingerprint density at radius 2 is 0.985 bits per heavy atom. The number of fused-ring (bicyclic) bond motifs is 18. The second-order valence-corrected chi connectivity index (χ2v) is 19.3. The first kappa shape index (κ1) is 37.7. The fourth-order valence-corrected chi connectivity index (χ4v) is 13.6. The minimum absolute atomic E-state index is 0.465. The van der Waals surface area contributed by atoms with Gasteiger partial charge in [0.1, 0.15) is 0 Å². The van der Waals surface area contributed by atoms with Crippen molar-refractivity contribution in [3.63, 3.8) is 0 Å². The molecule has 2 heterocycles. The quantitative estimate of drug-likeness (QED) is 0.167. The number of nitrogens with zero attached hydrogens (tertiary/aromatic N) is 2. The fourth-order valence-electron chi connectivity index (χ4n) is 12.3. The molecule has 0 aliphatic heterocycles. The number of thiophene rings is 1. The molecule has 11 aromatic carbocycles. The summed E-state index contributed by atoms with van der Waals surface area (Å²) in [6, 6.07) is 90.6. The van der Waals surface area contributed by atoms with Crippen molar-refractivity contribution in [1.82, 2.24) is 4.57 Å². The number of anilines is 3. The van der Waals surface area contributed by atoms with Gasteiger partial charge in [-0.25, -0.2) is 0 Å². The first-order valence-electron chi connectivity index (χ1n) is 23.5. The van der Waals surface area contributed by atoms with E-state index in [0.717, 1.165) is 22.7 Å². The van der Waals surface area contributed by atoms with E-state index in [1.165, 1.54) is 108 Å². The highest BCUT2D eigenvalue weighted by atomic mass is 32.1. The first-order valence-corrected chi connectivity index (χ1v) is 24.3. The normalized spacial score (nSPS) is 13.1. The molecule has 0 bridgehead atoms. The topological polar surface area (TPSA) is 8.17 Å². The second-order valence-electron chi connectivity index (χ2n) is 18.3. The van der Waals surface area contributed by atoms with Crippen LogP contribution < -0.4 is 4.90 Å². The van der Waals surface area contributed by atoms with E-state index in [2.05, 4.69) is 252 Å². The van der Waals surface area contributed by atoms with Gasteiger partial charge in [0.2, 0.25) is 0 Å². The number of aromatic nitrogens is 1. The van der Waals surface area contributed by atoms with Crippen LogP contribution in [-0.2, 0) is 5.41 Å². The van der Waals surface area contributed by atoms with E-state index in [-0.39, 0.29) is 0 Å². The lowest BCUT2D eigenvalue weighted by molar-refractivity contribution is 0.794. The smallest absolute Gasteiger partial charge is 0.0726 e. The van der Waals surface area contributed by atoms with Crippen LogP contribution in [0.2, 0.25) is 0 Å². The monoisotopic (exact) mass is 880 g/mol. The van der Waals surface area contributed by atoms with Gasteiger partial charge in [0.25, 0.3) is 0 Å². The van der Waals surface area contributed by atoms with Crippen LogP contribution in [0.15, 0.2) is 243 Å². The minimum Gasteiger partial charge on any atom is -0.309 e. The van der Waals surface area contributed by atoms with Crippen LogP contribution in [0.25, 0.3) is 91.8 Å². The highest BCUT2D eigenvalue weighted by Crippen LogP contribution is 2.65. The minimum atomic E-state index is -0.465. The van der Waals surface area contributed by atoms with Crippen molar-refractivity contribution < 1.29 is 0 Å². The summed E-state index contributed by atoms with van der Waals surface area (Å²) in [5.41, 5.74) is 19.4. The maximum atomic E-state index is 2.57. The van der Waals surface area contributed by atoms with Gasteiger partial charge in [0.15, 0.2) is 0 Å². The molecule has 2 nitrogen and oxygen atoms in total. The van der Waals surface area contributed by atoms with Gasteiger partial charge in [-0.2, -0.15) is 0 Å². The standard InChI is InChI=1S/C65H40N2S/c1-3-20-43(21-4-1)66(57-35-18-34-56-61(57)51-28-11-15-33-55(51)65(56)53-31-13-9-25-47(53)48-26-10-14-32-54(48)65)59-40-41-19-7-8-24-45(41)63-62(59)52-38-37-42(39-58(52)67(63)44-22-5-2-6-23-44)46-29-17-30-50-49-27-12-16-36-60(49)68-64(46)50/h1-40H. The molecule has 13 aromatic rings. The van der Waals surface area contributed by atoms with E-state index < -0.39 is 5.41 Å². The number of rotatable bonds is 5. The van der Waals surface area contributed by atoms with Crippen molar-refractivity contribution in [3.8, 4) is 39.1 Å². The van der Waals surface area contributed by atoms with Gasteiger partial charge in [-0.1, -0.05) is 194 Å². The van der Waals surface area contributed by atoms with Gasteiger partial charge >= 0.3 is 0 Å². The second kappa shape index (κ2) is 14.3. The molecule has 0 N–H and O–H groups in total. The van der Waals surface area contributed by atoms with Gasteiger partial charge < -0.3 is 9.47 Å². The summed E-state index contributed by atoms with van der Waals surface area (Å²) in [6.07, 6.45) is 0. The van der Waals surface area contributed by atoms with Crippen LogP contribution in [0.5, 0.6) is 0 Å². The Hall–Kier alpha value is -8.50. The molecule has 0 saturated carbocycles. The summed E-state index contributed by atoms with van der Waals surface area (Å²) < 4.78 is 5.16. The van der Waals surface area contributed by atoms with Crippen LogP contribution in [0.1, 0.15) is 22.3 Å². The van der Waals surface area contributed by atoms with E-state index in [9.17, 15) is 0 Å². The van der Waals surface area contributed by atoms with Crippen molar-refractivity contribution in [2.24, 2.45) is 0 Å². The molecular weight excluding hydrogens is 841 g/mol. The summed E-state index contributed by atoms with van der Waals surface area (Å²) >= 11 is 1.89. The molecule has 316 valence electrons. The summed E-state index contributed by atoms with van der Waals surface area (Å²) in [5, 5.41) is 7.45. The lowest BCUT2D eigenvalue weighted by atomic mass is 9.70. The van der Waals surface area contributed by atoms with E-state index >= 15 is 0 Å². The fraction of sp³-hybridized carbons (Fsp3) is 0.0154. The highest BCUT2D eigenvalue weighted by Gasteiger charge is 2.52. The van der Waals surface area contributed by atoms with Gasteiger partial charge in [0.05, 0.1) is 27.8 Å². The van der Waals surface area contributed by atoms with Crippen LogP contribution >= 0.6 is 11.3 Å². The third-order valence-corrected chi connectivity index (χ3v) is 16.2. The Morgan fingerprint density at radius 1 is 0.397 bits per heavy atom. The Bertz CT molecular complexity index is 4170. The number of hydrogen-bond donors (Lipinski definition) is 0. The van der Waals surface area contributed by atoms with Crippen molar-refractivity contribution in [2.75, 3.05) is 4.90 Å². The zero-order valence-electron chi connectivity index (χ0n) is 36.9. The van der Waals surface area contributed by atoms with E-state index in [1.54, 1.807) is 0 Å². The molecule has 2 aliphatic rings. The molecule has 0 radical (unpaired) electrons. The Balaban J connectivity index is 1.07. The van der Waals surface area contributed by atoms with Crippen LogP contribution in [0.3, 0.4) is 0 Å². The molecule has 0 atom stereocenters. The average Bonchev–Trinajstić information content (AvgIpc) is 4.14. The zero-order chi connectivity index (χ0) is 44.5. The van der Waals surface area contributed by atoms with Gasteiger partial charge in [0, 0.05) is 53.3 Å². The van der Waals surface area contributed by atoms with E-state index in [1.807, 2.05) is 11.3 Å². The predicted octanol–water partition coefficient (Wildman–Crippen LogP) is 17.8. The summed E-state index contributed by atoms with van der Waals surface area (Å²) in [7, 11) is 0. The molecule has 15 rings (SSSR count). The van der Waals surface area contributed by atoms with Crippen molar-refractivity contribution in [3.05, 3.63) is 265 Å². The molecule has 68 heavy (non-hydrogen) atoms. The lowest BCUT2D eigenvalue weighted by Gasteiger charge is -2.32. The Labute approximate surface area is 397 Å². The van der Waals surface area contributed by atoms with Crippen LogP contribution in [-0.4, -0.2) is 4.57 Å². The number of hydrogen-bond acceptors (Lipinski definition) is 2. The van der Waals surface area contributed by atoms with Gasteiger partial charge in [-0.3, -0.25) is 0 Å². The molecule has 1 spiro atoms. The number of benzene rings is 11. The van der Waals surface area contributed by atoms with E-state index in [0.29, 0.717) is 0 Å². The van der Waals surface area contributed by atoms with Crippen molar-refractivity contribution in [1.29, 1.82) is 0 Å². The summed E-state index contributed by atoms with van der Waals surface area (Å²) in [6.45, 7) is 0. The maximum Gasteiger partial charge on any atom is 0.0726 e. The van der Waals surface area contributed by atoms with Crippen LogP contribution in [0, 0.1) is 0 Å². The van der Waals surface area contributed by atoms with E-state index in [4.69, 9.17) is 0 Å². The first-order chi connectivity index (χ1) is 33.8. The molecule has 0 unspecified atom stereocenters. The molecule has 0 amide bonds. The van der Waals surface area contributed by atoms with Crippen LogP contribution in [0.4, 0.5) is 17.1 Å². The summed E-state index contributed by atoms with van der Waals surface area (Å²) in [4.78, 5) is 2.57. The average molecular weight is 881 g/mol. The molecular formula is C65H40N2S. The SMILES string of the molecule is c1ccc(N(c2cccc3c2-c2ccccc2C32c3ccccc3-c3ccccc32)c2cc3ccccc3c3c2c2ccc(-c4cccc5c4sc4ccccc45)cc2n3-c2ccccc2)cc1. The van der Waals surface area contributed by atoms with Gasteiger partial charge in [-0.05, 0) is 104 Å². The third kappa shape index (κ3) is 5.01. The highest BCUT2D eigenvalue weighted by molar-refractivity contribution is 7.26. The molecule has 2 aliphatic carbocycles. The van der Waals surface area contributed by atoms with Crippen molar-refractivity contribution >= 4 is 81.1 Å².